The molecule has 0 atom stereocenters. The first-order valence-corrected chi connectivity index (χ1v) is 7.90. The van der Waals surface area contributed by atoms with Gasteiger partial charge < -0.3 is 19.4 Å². The maximum atomic E-state index is 12.3. The van der Waals surface area contributed by atoms with E-state index in [9.17, 15) is 9.59 Å². The van der Waals surface area contributed by atoms with Crippen molar-refractivity contribution in [2.24, 2.45) is 0 Å². The van der Waals surface area contributed by atoms with E-state index in [0.717, 1.165) is 11.5 Å². The highest BCUT2D eigenvalue weighted by Gasteiger charge is 2.19. The number of furan rings is 1. The molecular weight excluding hydrogens is 320 g/mol. The molecule has 0 bridgehead atoms. The fourth-order valence-corrected chi connectivity index (χ4v) is 2.52. The summed E-state index contributed by atoms with van der Waals surface area (Å²) in [5, 5.41) is 0.282. The summed E-state index contributed by atoms with van der Waals surface area (Å²) < 4.78 is 5.40. The lowest BCUT2D eigenvalue weighted by molar-refractivity contribution is 0.524. The average molecular weight is 340 g/mol. The number of aromatic nitrogens is 4. The van der Waals surface area contributed by atoms with Crippen molar-refractivity contribution in [2.45, 2.75) is 33.1 Å². The van der Waals surface area contributed by atoms with E-state index in [1.165, 1.54) is 6.08 Å². The van der Waals surface area contributed by atoms with E-state index in [4.69, 9.17) is 4.42 Å². The van der Waals surface area contributed by atoms with Crippen LogP contribution in [0.5, 0.6) is 0 Å². The number of aryl methyl sites for hydroxylation is 1. The Morgan fingerprint density at radius 1 is 1.04 bits per heavy atom. The van der Waals surface area contributed by atoms with Crippen LogP contribution in [0.4, 0.5) is 0 Å². The Morgan fingerprint density at radius 2 is 1.68 bits per heavy atom. The van der Waals surface area contributed by atoms with Crippen LogP contribution in [0.25, 0.3) is 12.2 Å². The van der Waals surface area contributed by atoms with Crippen LogP contribution < -0.4 is 21.8 Å². The number of hydrogen-bond acceptors (Lipinski definition) is 4. The molecular formula is C18H20N4O3. The summed E-state index contributed by atoms with van der Waals surface area (Å²) in [5.74, 6) is 1.22. The third-order valence-electron chi connectivity index (χ3n) is 3.73. The largest absolute Gasteiger partial charge is 0.462 e. The van der Waals surface area contributed by atoms with Crippen molar-refractivity contribution in [3.8, 4) is 0 Å². The molecule has 0 spiro atoms. The Hall–Kier alpha value is -3.09. The van der Waals surface area contributed by atoms with Crippen LogP contribution in [-0.4, -0.2) is 19.9 Å². The normalized spacial score (nSPS) is 13.6. The second-order valence-corrected chi connectivity index (χ2v) is 6.89. The molecule has 0 saturated carbocycles. The lowest BCUT2D eigenvalue weighted by Gasteiger charge is -2.16. The molecule has 130 valence electrons. The summed E-state index contributed by atoms with van der Waals surface area (Å²) in [7, 11) is 0. The van der Waals surface area contributed by atoms with Crippen molar-refractivity contribution in [1.29, 1.82) is 0 Å². The van der Waals surface area contributed by atoms with Crippen LogP contribution in [-0.2, 0) is 5.41 Å². The molecule has 0 aliphatic rings. The smallest absolute Gasteiger partial charge is 0.272 e. The number of rotatable bonds is 2. The molecule has 0 fully saturated rings. The molecule has 3 N–H and O–H groups in total. The van der Waals surface area contributed by atoms with E-state index in [0.29, 0.717) is 11.5 Å². The van der Waals surface area contributed by atoms with Crippen LogP contribution in [0.1, 0.15) is 43.7 Å². The van der Waals surface area contributed by atoms with Gasteiger partial charge in [0.05, 0.1) is 12.0 Å². The molecule has 0 radical (unpaired) electrons. The topological polar surface area (TPSA) is 108 Å². The van der Waals surface area contributed by atoms with Crippen LogP contribution in [0, 0.1) is 6.92 Å². The maximum Gasteiger partial charge on any atom is 0.272 e. The molecule has 25 heavy (non-hydrogen) atoms. The fraction of sp³-hybridized carbons (Fsp3) is 0.278. The Kier molecular flexibility index (Phi) is 4.08. The van der Waals surface area contributed by atoms with Crippen LogP contribution in [0.3, 0.4) is 0 Å². The SMILES string of the molecule is Cc1ccc(C=c2[nH]c(=O)c(=Cc3nc[nH]c3C(C)(C)C)[nH]c2=O)o1. The van der Waals surface area contributed by atoms with Crippen molar-refractivity contribution in [2.75, 3.05) is 0 Å². The van der Waals surface area contributed by atoms with E-state index in [1.807, 2.05) is 20.8 Å². The van der Waals surface area contributed by atoms with Gasteiger partial charge in [0.1, 0.15) is 22.2 Å². The predicted octanol–water partition coefficient (Wildman–Crippen LogP) is 0.643. The van der Waals surface area contributed by atoms with Gasteiger partial charge in [-0.2, -0.15) is 0 Å². The maximum absolute atomic E-state index is 12.3. The zero-order chi connectivity index (χ0) is 18.2. The Balaban J connectivity index is 2.14. The van der Waals surface area contributed by atoms with Gasteiger partial charge in [-0.25, -0.2) is 4.98 Å². The average Bonchev–Trinajstić information content (AvgIpc) is 3.13. The van der Waals surface area contributed by atoms with Crippen molar-refractivity contribution < 1.29 is 4.42 Å². The number of hydrogen-bond donors (Lipinski definition) is 3. The Bertz CT molecular complexity index is 1140. The molecule has 0 unspecified atom stereocenters. The van der Waals surface area contributed by atoms with Gasteiger partial charge in [0, 0.05) is 17.2 Å². The summed E-state index contributed by atoms with van der Waals surface area (Å²) in [4.78, 5) is 37.1. The standard InChI is InChI=1S/C18H20N4O3/c1-10-5-6-11(25-10)7-13-16(23)22-14(17(24)21-13)8-12-15(18(2,3)4)20-9-19-12/h5-9H,1-4H3,(H,19,20)(H,21,24)(H,22,23). The summed E-state index contributed by atoms with van der Waals surface area (Å²) in [6.45, 7) is 7.91. The highest BCUT2D eigenvalue weighted by molar-refractivity contribution is 5.48. The Labute approximate surface area is 143 Å². The summed E-state index contributed by atoms with van der Waals surface area (Å²) in [6.07, 6.45) is 4.63. The summed E-state index contributed by atoms with van der Waals surface area (Å²) in [6, 6.07) is 3.51. The first kappa shape index (κ1) is 16.8. The fourth-order valence-electron chi connectivity index (χ4n) is 2.52. The number of nitrogens with one attached hydrogen (secondary N) is 3. The van der Waals surface area contributed by atoms with Gasteiger partial charge in [0.15, 0.2) is 0 Å². The monoisotopic (exact) mass is 340 g/mol. The third kappa shape index (κ3) is 3.55. The lowest BCUT2D eigenvalue weighted by atomic mass is 9.90. The molecule has 0 aromatic carbocycles. The molecule has 0 saturated heterocycles. The minimum Gasteiger partial charge on any atom is -0.462 e. The molecule has 3 heterocycles. The van der Waals surface area contributed by atoms with Crippen LogP contribution in [0.2, 0.25) is 0 Å². The third-order valence-corrected chi connectivity index (χ3v) is 3.73. The molecule has 3 rings (SSSR count). The number of nitrogens with zero attached hydrogens (tertiary/aromatic N) is 1. The molecule has 0 amide bonds. The van der Waals surface area contributed by atoms with Gasteiger partial charge in [0.25, 0.3) is 11.1 Å². The minimum absolute atomic E-state index is 0.134. The van der Waals surface area contributed by atoms with Crippen molar-refractivity contribution in [3.63, 3.8) is 0 Å². The van der Waals surface area contributed by atoms with E-state index >= 15 is 0 Å². The Morgan fingerprint density at radius 3 is 2.24 bits per heavy atom. The van der Waals surface area contributed by atoms with Crippen molar-refractivity contribution in [1.82, 2.24) is 19.9 Å². The second-order valence-electron chi connectivity index (χ2n) is 6.89. The van der Waals surface area contributed by atoms with Crippen LogP contribution >= 0.6 is 0 Å². The van der Waals surface area contributed by atoms with Gasteiger partial charge >= 0.3 is 0 Å². The molecule has 3 aromatic heterocycles. The first-order valence-electron chi connectivity index (χ1n) is 7.90. The number of aromatic amines is 3. The molecule has 3 aromatic rings. The predicted molar refractivity (Wildman–Crippen MR) is 94.8 cm³/mol. The summed E-state index contributed by atoms with van der Waals surface area (Å²) in [5.41, 5.74) is 0.520. The van der Waals surface area contributed by atoms with E-state index in [-0.39, 0.29) is 16.1 Å². The van der Waals surface area contributed by atoms with Crippen molar-refractivity contribution in [3.05, 3.63) is 72.8 Å². The van der Waals surface area contributed by atoms with E-state index in [1.54, 1.807) is 31.5 Å². The van der Waals surface area contributed by atoms with Gasteiger partial charge in [-0.15, -0.1) is 0 Å². The molecule has 7 nitrogen and oxygen atoms in total. The number of imidazole rings is 1. The van der Waals surface area contributed by atoms with Gasteiger partial charge in [-0.3, -0.25) is 9.59 Å². The van der Waals surface area contributed by atoms with E-state index in [2.05, 4.69) is 19.9 Å². The zero-order valence-corrected chi connectivity index (χ0v) is 14.6. The summed E-state index contributed by atoms with van der Waals surface area (Å²) >= 11 is 0. The van der Waals surface area contributed by atoms with Gasteiger partial charge in [-0.1, -0.05) is 20.8 Å². The highest BCUT2D eigenvalue weighted by atomic mass is 16.3. The first-order chi connectivity index (χ1) is 11.7. The van der Waals surface area contributed by atoms with Gasteiger partial charge in [-0.05, 0) is 25.1 Å². The number of H-pyrrole nitrogens is 3. The quantitative estimate of drug-likeness (QED) is 0.636. The second kappa shape index (κ2) is 6.08. The van der Waals surface area contributed by atoms with E-state index < -0.39 is 11.1 Å². The minimum atomic E-state index is -0.409. The lowest BCUT2D eigenvalue weighted by Crippen LogP contribution is -2.46. The van der Waals surface area contributed by atoms with Crippen molar-refractivity contribution >= 4 is 12.2 Å². The molecule has 0 aliphatic carbocycles. The highest BCUT2D eigenvalue weighted by Crippen LogP contribution is 2.22. The van der Waals surface area contributed by atoms with Gasteiger partial charge in [0.2, 0.25) is 0 Å². The molecule has 0 aliphatic heterocycles. The van der Waals surface area contributed by atoms with Crippen LogP contribution in [0.15, 0.2) is 32.5 Å². The zero-order valence-electron chi connectivity index (χ0n) is 14.6. The molecule has 7 heteroatoms.